The van der Waals surface area contributed by atoms with Crippen molar-refractivity contribution in [3.05, 3.63) is 65.0 Å². The molecule has 0 spiro atoms. The summed E-state index contributed by atoms with van der Waals surface area (Å²) in [6.07, 6.45) is 5.12. The number of pyridine rings is 1. The van der Waals surface area contributed by atoms with Crippen LogP contribution in [0.3, 0.4) is 0 Å². The van der Waals surface area contributed by atoms with Gasteiger partial charge in [-0.2, -0.15) is 0 Å². The van der Waals surface area contributed by atoms with Gasteiger partial charge in [0.15, 0.2) is 0 Å². The van der Waals surface area contributed by atoms with Crippen LogP contribution >= 0.6 is 0 Å². The number of amides is 1. The predicted octanol–water partition coefficient (Wildman–Crippen LogP) is 3.97. The van der Waals surface area contributed by atoms with Gasteiger partial charge in [0.2, 0.25) is 5.91 Å². The van der Waals surface area contributed by atoms with Crippen molar-refractivity contribution < 1.29 is 4.79 Å². The summed E-state index contributed by atoms with van der Waals surface area (Å²) < 4.78 is 0. The van der Waals surface area contributed by atoms with Crippen molar-refractivity contribution in [1.82, 2.24) is 14.8 Å². The van der Waals surface area contributed by atoms with Crippen LogP contribution in [-0.4, -0.2) is 40.3 Å². The molecular formula is C24H31N3O. The molecule has 4 heteroatoms. The molecule has 28 heavy (non-hydrogen) atoms. The maximum absolute atomic E-state index is 12.7. The number of carbonyl (C=O) groups is 1. The number of carbonyl (C=O) groups excluding carboxylic acids is 1. The lowest BCUT2D eigenvalue weighted by atomic mass is 9.91. The Morgan fingerprint density at radius 2 is 1.82 bits per heavy atom. The number of aryl methyl sites for hydroxylation is 1. The molecule has 148 valence electrons. The van der Waals surface area contributed by atoms with E-state index < -0.39 is 0 Å². The van der Waals surface area contributed by atoms with Gasteiger partial charge in [-0.25, -0.2) is 0 Å². The van der Waals surface area contributed by atoms with E-state index in [4.69, 9.17) is 0 Å². The first-order valence-corrected chi connectivity index (χ1v) is 10.7. The third-order valence-corrected chi connectivity index (χ3v) is 6.29. The number of hydrogen-bond acceptors (Lipinski definition) is 3. The molecule has 0 bridgehead atoms. The summed E-state index contributed by atoms with van der Waals surface area (Å²) >= 11 is 0. The Balaban J connectivity index is 1.20. The first-order chi connectivity index (χ1) is 13.7. The highest BCUT2D eigenvalue weighted by Crippen LogP contribution is 2.25. The minimum atomic E-state index is 0.334. The molecule has 1 aromatic heterocycles. The van der Waals surface area contributed by atoms with Crippen LogP contribution < -0.4 is 0 Å². The summed E-state index contributed by atoms with van der Waals surface area (Å²) in [5.74, 6) is 1.02. The molecule has 1 fully saturated rings. The van der Waals surface area contributed by atoms with Crippen LogP contribution in [0.4, 0.5) is 0 Å². The maximum Gasteiger partial charge on any atom is 0.222 e. The third-order valence-electron chi connectivity index (χ3n) is 6.29. The van der Waals surface area contributed by atoms with Crippen LogP contribution in [0.1, 0.15) is 48.2 Å². The molecule has 1 aromatic carbocycles. The number of hydrogen-bond donors (Lipinski definition) is 0. The van der Waals surface area contributed by atoms with E-state index in [9.17, 15) is 4.79 Å². The molecule has 0 aliphatic carbocycles. The Hall–Kier alpha value is -2.20. The van der Waals surface area contributed by atoms with Crippen molar-refractivity contribution in [2.45, 2.75) is 52.1 Å². The maximum atomic E-state index is 12.7. The van der Waals surface area contributed by atoms with Crippen molar-refractivity contribution in [1.29, 1.82) is 0 Å². The fourth-order valence-corrected chi connectivity index (χ4v) is 4.54. The molecule has 2 aliphatic rings. The monoisotopic (exact) mass is 377 g/mol. The summed E-state index contributed by atoms with van der Waals surface area (Å²) in [7, 11) is 0. The van der Waals surface area contributed by atoms with E-state index in [0.717, 1.165) is 51.3 Å². The van der Waals surface area contributed by atoms with E-state index in [-0.39, 0.29) is 0 Å². The second-order valence-corrected chi connectivity index (χ2v) is 8.36. The molecule has 1 amide bonds. The Bertz CT molecular complexity index is 811. The lowest BCUT2D eigenvalue weighted by Gasteiger charge is -2.33. The second-order valence-electron chi connectivity index (χ2n) is 8.36. The molecule has 1 saturated heterocycles. The van der Waals surface area contributed by atoms with Gasteiger partial charge in [-0.1, -0.05) is 30.3 Å². The fourth-order valence-electron chi connectivity index (χ4n) is 4.54. The molecule has 0 radical (unpaired) electrons. The van der Waals surface area contributed by atoms with Crippen LogP contribution in [0.15, 0.2) is 42.5 Å². The van der Waals surface area contributed by atoms with E-state index in [1.54, 1.807) is 0 Å². The normalized spacial score (nSPS) is 18.1. The van der Waals surface area contributed by atoms with Gasteiger partial charge in [-0.15, -0.1) is 0 Å². The van der Waals surface area contributed by atoms with Crippen LogP contribution in [-0.2, 0) is 24.3 Å². The second kappa shape index (κ2) is 8.87. The lowest BCUT2D eigenvalue weighted by molar-refractivity contribution is -0.132. The zero-order valence-electron chi connectivity index (χ0n) is 16.9. The van der Waals surface area contributed by atoms with Gasteiger partial charge in [-0.05, 0) is 74.9 Å². The first kappa shape index (κ1) is 19.1. The molecule has 4 nitrogen and oxygen atoms in total. The highest BCUT2D eigenvalue weighted by molar-refractivity contribution is 5.76. The SMILES string of the molecule is Cc1cccc(CN2CCC(CCC(=O)N3CCc4ccccc4C3)CC2)n1. The quantitative estimate of drug-likeness (QED) is 0.791. The molecule has 4 rings (SSSR count). The van der Waals surface area contributed by atoms with E-state index in [2.05, 4.69) is 51.2 Å². The zero-order chi connectivity index (χ0) is 19.3. The summed E-state index contributed by atoms with van der Waals surface area (Å²) in [6, 6.07) is 14.8. The number of aromatic nitrogens is 1. The fraction of sp³-hybridized carbons (Fsp3) is 0.500. The van der Waals surface area contributed by atoms with E-state index in [1.807, 2.05) is 13.0 Å². The molecule has 0 saturated carbocycles. The molecule has 0 unspecified atom stereocenters. The van der Waals surface area contributed by atoms with E-state index in [0.29, 0.717) is 18.2 Å². The van der Waals surface area contributed by atoms with Crippen molar-refractivity contribution in [2.75, 3.05) is 19.6 Å². The highest BCUT2D eigenvalue weighted by Gasteiger charge is 2.23. The largest absolute Gasteiger partial charge is 0.338 e. The van der Waals surface area contributed by atoms with Crippen molar-refractivity contribution in [3.8, 4) is 0 Å². The summed E-state index contributed by atoms with van der Waals surface area (Å²) in [5, 5.41) is 0. The van der Waals surface area contributed by atoms with Crippen molar-refractivity contribution in [3.63, 3.8) is 0 Å². The average molecular weight is 378 g/mol. The average Bonchev–Trinajstić information content (AvgIpc) is 2.73. The summed E-state index contributed by atoms with van der Waals surface area (Å²) in [6.45, 7) is 6.89. The summed E-state index contributed by atoms with van der Waals surface area (Å²) in [4.78, 5) is 21.9. The van der Waals surface area contributed by atoms with E-state index in [1.165, 1.54) is 29.7 Å². The minimum absolute atomic E-state index is 0.334. The van der Waals surface area contributed by atoms with Gasteiger partial charge in [0.1, 0.15) is 0 Å². The van der Waals surface area contributed by atoms with Gasteiger partial charge in [0.05, 0.1) is 5.69 Å². The van der Waals surface area contributed by atoms with Crippen molar-refractivity contribution in [2.24, 2.45) is 5.92 Å². The molecule has 0 atom stereocenters. The standard InChI is InChI=1S/C24H31N3O/c1-19-5-4-8-23(25-19)18-26-14-11-20(12-15-26)9-10-24(28)27-16-13-21-6-2-3-7-22(21)17-27/h2-8,20H,9-18H2,1H3. The summed E-state index contributed by atoms with van der Waals surface area (Å²) in [5.41, 5.74) is 4.98. The van der Waals surface area contributed by atoms with Crippen LogP contribution in [0.5, 0.6) is 0 Å². The van der Waals surface area contributed by atoms with Crippen LogP contribution in [0.2, 0.25) is 0 Å². The Morgan fingerprint density at radius 3 is 2.61 bits per heavy atom. The minimum Gasteiger partial charge on any atom is -0.338 e. The number of benzene rings is 1. The van der Waals surface area contributed by atoms with Gasteiger partial charge >= 0.3 is 0 Å². The van der Waals surface area contributed by atoms with Crippen LogP contribution in [0.25, 0.3) is 0 Å². The topological polar surface area (TPSA) is 36.4 Å². The zero-order valence-corrected chi connectivity index (χ0v) is 16.9. The highest BCUT2D eigenvalue weighted by atomic mass is 16.2. The Labute approximate surface area is 168 Å². The molecular weight excluding hydrogens is 346 g/mol. The number of nitrogens with zero attached hydrogens (tertiary/aromatic N) is 3. The number of fused-ring (bicyclic) bond motifs is 1. The number of likely N-dealkylation sites (tertiary alicyclic amines) is 1. The van der Waals surface area contributed by atoms with Gasteiger partial charge in [0.25, 0.3) is 0 Å². The molecule has 0 N–H and O–H groups in total. The Kier molecular flexibility index (Phi) is 6.06. The van der Waals surface area contributed by atoms with Crippen molar-refractivity contribution >= 4 is 5.91 Å². The Morgan fingerprint density at radius 1 is 1.04 bits per heavy atom. The van der Waals surface area contributed by atoms with E-state index >= 15 is 0 Å². The van der Waals surface area contributed by atoms with Gasteiger partial charge in [-0.3, -0.25) is 14.7 Å². The smallest absolute Gasteiger partial charge is 0.222 e. The number of piperidine rings is 1. The van der Waals surface area contributed by atoms with Gasteiger partial charge < -0.3 is 4.90 Å². The lowest BCUT2D eigenvalue weighted by Crippen LogP contribution is -2.37. The first-order valence-electron chi connectivity index (χ1n) is 10.7. The number of rotatable bonds is 5. The third kappa shape index (κ3) is 4.79. The molecule has 3 heterocycles. The van der Waals surface area contributed by atoms with Gasteiger partial charge in [0, 0.05) is 31.7 Å². The predicted molar refractivity (Wildman–Crippen MR) is 112 cm³/mol. The molecule has 2 aliphatic heterocycles. The van der Waals surface area contributed by atoms with Crippen LogP contribution in [0, 0.1) is 12.8 Å². The molecule has 2 aromatic rings.